The van der Waals surface area contributed by atoms with Gasteiger partial charge < -0.3 is 14.8 Å². The number of halogens is 1. The molecule has 2 heterocycles. The van der Waals surface area contributed by atoms with Gasteiger partial charge in [-0.15, -0.1) is 0 Å². The van der Waals surface area contributed by atoms with E-state index in [1.54, 1.807) is 67.1 Å². The van der Waals surface area contributed by atoms with Crippen molar-refractivity contribution in [2.75, 3.05) is 5.32 Å². The maximum Gasteiger partial charge on any atom is 0.257 e. The van der Waals surface area contributed by atoms with E-state index in [1.165, 1.54) is 12.1 Å². The van der Waals surface area contributed by atoms with Crippen molar-refractivity contribution in [3.63, 3.8) is 0 Å². The Morgan fingerprint density at radius 1 is 0.844 bits per heavy atom. The average Bonchev–Trinajstić information content (AvgIpc) is 2.84. The molecule has 0 atom stereocenters. The second-order valence-corrected chi connectivity index (χ2v) is 6.89. The van der Waals surface area contributed by atoms with Gasteiger partial charge in [-0.05, 0) is 65.7 Å². The zero-order chi connectivity index (χ0) is 22.2. The number of aromatic nitrogens is 2. The summed E-state index contributed by atoms with van der Waals surface area (Å²) in [6.45, 7) is 0.586. The van der Waals surface area contributed by atoms with Crippen LogP contribution in [0.3, 0.4) is 0 Å². The zero-order valence-corrected chi connectivity index (χ0v) is 17.1. The number of rotatable bonds is 8. The number of amides is 1. The SMILES string of the molecule is O=C(Nc1ncccc1OCc1ccncc1)c1cccc(OCc2ccc(F)cc2)c1. The van der Waals surface area contributed by atoms with E-state index < -0.39 is 0 Å². The predicted molar refractivity (Wildman–Crippen MR) is 118 cm³/mol. The van der Waals surface area contributed by atoms with Crippen molar-refractivity contribution in [1.29, 1.82) is 0 Å². The summed E-state index contributed by atoms with van der Waals surface area (Å²) in [4.78, 5) is 21.0. The van der Waals surface area contributed by atoms with Crippen molar-refractivity contribution in [2.24, 2.45) is 0 Å². The van der Waals surface area contributed by atoms with Gasteiger partial charge in [-0.25, -0.2) is 9.37 Å². The third-order valence-corrected chi connectivity index (χ3v) is 4.56. The fourth-order valence-corrected chi connectivity index (χ4v) is 2.90. The number of carbonyl (C=O) groups excluding carboxylic acids is 1. The van der Waals surface area contributed by atoms with Gasteiger partial charge >= 0.3 is 0 Å². The molecule has 0 spiro atoms. The molecule has 7 heteroatoms. The number of nitrogens with one attached hydrogen (secondary N) is 1. The molecule has 0 bridgehead atoms. The average molecular weight is 429 g/mol. The van der Waals surface area contributed by atoms with Crippen molar-refractivity contribution in [3.05, 3.63) is 114 Å². The molecule has 2 aromatic carbocycles. The Hall–Kier alpha value is -4.26. The first-order valence-electron chi connectivity index (χ1n) is 9.93. The summed E-state index contributed by atoms with van der Waals surface area (Å²) in [6, 6.07) is 20.1. The van der Waals surface area contributed by atoms with Crippen LogP contribution in [0.5, 0.6) is 11.5 Å². The Bertz CT molecular complexity index is 1180. The van der Waals surface area contributed by atoms with Crippen LogP contribution in [0.15, 0.2) is 91.4 Å². The summed E-state index contributed by atoms with van der Waals surface area (Å²) in [5, 5.41) is 2.79. The van der Waals surface area contributed by atoms with Crippen LogP contribution in [-0.2, 0) is 13.2 Å². The molecular formula is C25H20FN3O3. The molecule has 2 aromatic heterocycles. The first kappa shape index (κ1) is 21.0. The number of anilines is 1. The molecule has 0 unspecified atom stereocenters. The summed E-state index contributed by atoms with van der Waals surface area (Å²) in [5.74, 6) is 0.665. The third-order valence-electron chi connectivity index (χ3n) is 4.56. The van der Waals surface area contributed by atoms with Crippen molar-refractivity contribution < 1.29 is 18.7 Å². The lowest BCUT2D eigenvalue weighted by atomic mass is 10.2. The first-order chi connectivity index (χ1) is 15.7. The van der Waals surface area contributed by atoms with Crippen LogP contribution in [0.4, 0.5) is 10.2 Å². The van der Waals surface area contributed by atoms with E-state index in [-0.39, 0.29) is 18.3 Å². The summed E-state index contributed by atoms with van der Waals surface area (Å²) in [6.07, 6.45) is 4.96. The minimum absolute atomic E-state index is 0.262. The van der Waals surface area contributed by atoms with Crippen LogP contribution in [0.2, 0.25) is 0 Å². The summed E-state index contributed by atoms with van der Waals surface area (Å²) >= 11 is 0. The van der Waals surface area contributed by atoms with Crippen molar-refractivity contribution in [1.82, 2.24) is 9.97 Å². The predicted octanol–water partition coefficient (Wildman–Crippen LogP) is 5.03. The van der Waals surface area contributed by atoms with Crippen LogP contribution in [0.1, 0.15) is 21.5 Å². The highest BCUT2D eigenvalue weighted by Gasteiger charge is 2.12. The Balaban J connectivity index is 1.40. The lowest BCUT2D eigenvalue weighted by Gasteiger charge is -2.12. The van der Waals surface area contributed by atoms with Gasteiger partial charge in [0.1, 0.15) is 24.8 Å². The smallest absolute Gasteiger partial charge is 0.257 e. The summed E-state index contributed by atoms with van der Waals surface area (Å²) < 4.78 is 24.6. The van der Waals surface area contributed by atoms with E-state index in [4.69, 9.17) is 9.47 Å². The molecule has 160 valence electrons. The van der Waals surface area contributed by atoms with Gasteiger partial charge in [-0.1, -0.05) is 18.2 Å². The maximum absolute atomic E-state index is 13.0. The normalized spacial score (nSPS) is 10.4. The van der Waals surface area contributed by atoms with Gasteiger partial charge in [0.2, 0.25) is 0 Å². The molecule has 0 radical (unpaired) electrons. The molecule has 0 aliphatic heterocycles. The molecule has 32 heavy (non-hydrogen) atoms. The van der Waals surface area contributed by atoms with Gasteiger partial charge in [-0.3, -0.25) is 9.78 Å². The molecule has 0 aliphatic rings. The zero-order valence-electron chi connectivity index (χ0n) is 17.1. The fraction of sp³-hybridized carbons (Fsp3) is 0.0800. The monoisotopic (exact) mass is 429 g/mol. The van der Waals surface area contributed by atoms with Crippen LogP contribution in [0.25, 0.3) is 0 Å². The molecule has 0 aliphatic carbocycles. The number of benzene rings is 2. The van der Waals surface area contributed by atoms with Gasteiger partial charge in [0.15, 0.2) is 11.6 Å². The van der Waals surface area contributed by atoms with Gasteiger partial charge in [0.05, 0.1) is 0 Å². The molecule has 0 saturated heterocycles. The van der Waals surface area contributed by atoms with E-state index in [0.29, 0.717) is 29.5 Å². The maximum atomic E-state index is 13.0. The number of ether oxygens (including phenoxy) is 2. The van der Waals surface area contributed by atoms with Gasteiger partial charge in [-0.2, -0.15) is 0 Å². The second-order valence-electron chi connectivity index (χ2n) is 6.89. The molecule has 1 N–H and O–H groups in total. The quantitative estimate of drug-likeness (QED) is 0.425. The van der Waals surface area contributed by atoms with Crippen LogP contribution in [-0.4, -0.2) is 15.9 Å². The number of nitrogens with zero attached hydrogens (tertiary/aromatic N) is 2. The lowest BCUT2D eigenvalue weighted by Crippen LogP contribution is -2.14. The van der Waals surface area contributed by atoms with Crippen molar-refractivity contribution in [3.8, 4) is 11.5 Å². The Kier molecular flexibility index (Phi) is 6.67. The molecule has 0 fully saturated rings. The molecule has 4 aromatic rings. The molecule has 1 amide bonds. The van der Waals surface area contributed by atoms with E-state index in [0.717, 1.165) is 11.1 Å². The van der Waals surface area contributed by atoms with E-state index in [1.807, 2.05) is 12.1 Å². The number of hydrogen-bond acceptors (Lipinski definition) is 5. The number of hydrogen-bond donors (Lipinski definition) is 1. The third kappa shape index (κ3) is 5.66. The highest BCUT2D eigenvalue weighted by molar-refractivity contribution is 6.04. The lowest BCUT2D eigenvalue weighted by molar-refractivity contribution is 0.102. The highest BCUT2D eigenvalue weighted by Crippen LogP contribution is 2.23. The minimum Gasteiger partial charge on any atom is -0.489 e. The number of carbonyl (C=O) groups is 1. The number of pyridine rings is 2. The molecule has 0 saturated carbocycles. The Labute approximate surface area is 184 Å². The van der Waals surface area contributed by atoms with E-state index in [9.17, 15) is 9.18 Å². The topological polar surface area (TPSA) is 73.3 Å². The van der Waals surface area contributed by atoms with E-state index >= 15 is 0 Å². The van der Waals surface area contributed by atoms with E-state index in [2.05, 4.69) is 15.3 Å². The van der Waals surface area contributed by atoms with Crippen molar-refractivity contribution >= 4 is 11.7 Å². The largest absolute Gasteiger partial charge is 0.489 e. The molecular weight excluding hydrogens is 409 g/mol. The fourth-order valence-electron chi connectivity index (χ4n) is 2.90. The summed E-state index contributed by atoms with van der Waals surface area (Å²) in [5.41, 5.74) is 2.19. The second kappa shape index (κ2) is 10.2. The minimum atomic E-state index is -0.343. The van der Waals surface area contributed by atoms with Gasteiger partial charge in [0, 0.05) is 24.2 Å². The first-order valence-corrected chi connectivity index (χ1v) is 9.93. The Morgan fingerprint density at radius 2 is 1.59 bits per heavy atom. The Morgan fingerprint density at radius 3 is 2.41 bits per heavy atom. The van der Waals surface area contributed by atoms with Crippen LogP contribution >= 0.6 is 0 Å². The highest BCUT2D eigenvalue weighted by atomic mass is 19.1. The van der Waals surface area contributed by atoms with Crippen LogP contribution < -0.4 is 14.8 Å². The molecule has 4 rings (SSSR count). The summed E-state index contributed by atoms with van der Waals surface area (Å²) in [7, 11) is 0. The van der Waals surface area contributed by atoms with Crippen molar-refractivity contribution in [2.45, 2.75) is 13.2 Å². The standard InChI is InChI=1S/C25H20FN3O3/c26-21-8-6-18(7-9-21)16-31-22-4-1-3-20(15-22)25(30)29-24-23(5-2-12-28-24)32-17-19-10-13-27-14-11-19/h1-15H,16-17H2,(H,28,29,30). The molecule has 6 nitrogen and oxygen atoms in total. The van der Waals surface area contributed by atoms with Crippen LogP contribution in [0, 0.1) is 5.82 Å². The van der Waals surface area contributed by atoms with Gasteiger partial charge in [0.25, 0.3) is 5.91 Å².